The quantitative estimate of drug-likeness (QED) is 0.730. The van der Waals surface area contributed by atoms with Crippen molar-refractivity contribution in [2.24, 2.45) is 0 Å². The molecule has 7 heteroatoms. The average Bonchev–Trinajstić information content (AvgIpc) is 2.68. The lowest BCUT2D eigenvalue weighted by molar-refractivity contribution is -0.118. The van der Waals surface area contributed by atoms with Gasteiger partial charge in [0, 0.05) is 49.5 Å². The Hall–Kier alpha value is -3.22. The molecular formula is C19H20N6O. The molecule has 4 rings (SSSR count). The van der Waals surface area contributed by atoms with Crippen molar-refractivity contribution in [3.63, 3.8) is 0 Å². The van der Waals surface area contributed by atoms with E-state index < -0.39 is 0 Å². The van der Waals surface area contributed by atoms with Crippen LogP contribution in [0.5, 0.6) is 0 Å². The van der Waals surface area contributed by atoms with E-state index >= 15 is 0 Å². The summed E-state index contributed by atoms with van der Waals surface area (Å²) in [6.07, 6.45) is 2.69. The van der Waals surface area contributed by atoms with Crippen molar-refractivity contribution in [3.8, 4) is 0 Å². The Morgan fingerprint density at radius 3 is 2.69 bits per heavy atom. The molecule has 26 heavy (non-hydrogen) atoms. The van der Waals surface area contributed by atoms with E-state index in [9.17, 15) is 4.79 Å². The van der Waals surface area contributed by atoms with Crippen LogP contribution in [-0.4, -0.2) is 52.4 Å². The number of hydrogen-bond acceptors (Lipinski definition) is 6. The lowest BCUT2D eigenvalue weighted by Gasteiger charge is -2.33. The first-order chi connectivity index (χ1) is 12.7. The summed E-state index contributed by atoms with van der Waals surface area (Å²) in [6.45, 7) is 4.92. The summed E-state index contributed by atoms with van der Waals surface area (Å²) in [5.74, 6) is 1.43. The lowest BCUT2D eigenvalue weighted by atomic mass is 10.2. The third kappa shape index (κ3) is 3.28. The molecule has 1 fully saturated rings. The fourth-order valence-corrected chi connectivity index (χ4v) is 3.15. The highest BCUT2D eigenvalue weighted by atomic mass is 16.1. The van der Waals surface area contributed by atoms with Gasteiger partial charge in [-0.1, -0.05) is 18.2 Å². The van der Waals surface area contributed by atoms with Crippen LogP contribution < -0.4 is 10.2 Å². The molecule has 0 saturated carbocycles. The molecule has 0 unspecified atom stereocenters. The van der Waals surface area contributed by atoms with E-state index in [-0.39, 0.29) is 0 Å². The van der Waals surface area contributed by atoms with Crippen molar-refractivity contribution >= 4 is 34.8 Å². The molecule has 0 radical (unpaired) electrons. The normalized spacial score (nSPS) is 14.5. The van der Waals surface area contributed by atoms with Crippen LogP contribution in [-0.2, 0) is 4.79 Å². The van der Waals surface area contributed by atoms with Crippen LogP contribution in [0.2, 0.25) is 0 Å². The first-order valence-electron chi connectivity index (χ1n) is 8.64. The van der Waals surface area contributed by atoms with Crippen molar-refractivity contribution in [1.82, 2.24) is 19.9 Å². The maximum absolute atomic E-state index is 10.9. The SMILES string of the molecule is Cc1cc(N2CCN(C=O)CC2)nc(Nc2cccc3cccnc23)n1. The molecule has 7 nitrogen and oxygen atoms in total. The van der Waals surface area contributed by atoms with E-state index in [1.54, 1.807) is 11.1 Å². The Morgan fingerprint density at radius 1 is 1.08 bits per heavy atom. The standard InChI is InChI=1S/C19H20N6O/c1-14-12-17(25-10-8-24(13-26)9-11-25)23-19(21-14)22-16-6-2-4-15-5-3-7-20-18(15)16/h2-7,12-13H,8-11H2,1H3,(H,21,22,23). The maximum Gasteiger partial charge on any atom is 0.229 e. The third-order valence-electron chi connectivity index (χ3n) is 4.51. The van der Waals surface area contributed by atoms with Crippen molar-refractivity contribution in [2.45, 2.75) is 6.92 Å². The van der Waals surface area contributed by atoms with Crippen LogP contribution in [0.4, 0.5) is 17.5 Å². The Morgan fingerprint density at radius 2 is 1.88 bits per heavy atom. The number of nitrogens with one attached hydrogen (secondary N) is 1. The highest BCUT2D eigenvalue weighted by Crippen LogP contribution is 2.24. The molecule has 2 aromatic heterocycles. The summed E-state index contributed by atoms with van der Waals surface area (Å²) in [6, 6.07) is 11.9. The van der Waals surface area contributed by atoms with Crippen LogP contribution >= 0.6 is 0 Å². The number of pyridine rings is 1. The molecule has 1 N–H and O–H groups in total. The Bertz CT molecular complexity index is 931. The van der Waals surface area contributed by atoms with Crippen molar-refractivity contribution < 1.29 is 4.79 Å². The van der Waals surface area contributed by atoms with Crippen LogP contribution in [0, 0.1) is 6.92 Å². The van der Waals surface area contributed by atoms with Gasteiger partial charge in [0.25, 0.3) is 0 Å². The summed E-state index contributed by atoms with van der Waals surface area (Å²) in [5, 5.41) is 4.37. The predicted octanol–water partition coefficient (Wildman–Crippen LogP) is 2.36. The van der Waals surface area contributed by atoms with E-state index in [4.69, 9.17) is 0 Å². The number of carbonyl (C=O) groups excluding carboxylic acids is 1. The van der Waals surface area contributed by atoms with Gasteiger partial charge in [0.15, 0.2) is 0 Å². The monoisotopic (exact) mass is 348 g/mol. The highest BCUT2D eigenvalue weighted by Gasteiger charge is 2.18. The minimum absolute atomic E-state index is 0.552. The molecule has 0 bridgehead atoms. The molecule has 0 aliphatic carbocycles. The Labute approximate surface area is 151 Å². The first kappa shape index (κ1) is 16.3. The van der Waals surface area contributed by atoms with Crippen LogP contribution in [0.15, 0.2) is 42.6 Å². The van der Waals surface area contributed by atoms with E-state index in [0.717, 1.165) is 47.6 Å². The van der Waals surface area contributed by atoms with Gasteiger partial charge in [0.05, 0.1) is 11.2 Å². The van der Waals surface area contributed by atoms with Crippen molar-refractivity contribution in [3.05, 3.63) is 48.3 Å². The molecule has 1 saturated heterocycles. The van der Waals surface area contributed by atoms with Crippen molar-refractivity contribution in [1.29, 1.82) is 0 Å². The summed E-state index contributed by atoms with van der Waals surface area (Å²) in [4.78, 5) is 28.5. The number of para-hydroxylation sites is 1. The molecule has 132 valence electrons. The largest absolute Gasteiger partial charge is 0.353 e. The number of benzene rings is 1. The first-order valence-corrected chi connectivity index (χ1v) is 8.64. The number of aryl methyl sites for hydroxylation is 1. The summed E-state index contributed by atoms with van der Waals surface area (Å²) in [5.41, 5.74) is 2.66. The number of anilines is 3. The smallest absolute Gasteiger partial charge is 0.229 e. The second kappa shape index (κ2) is 6.95. The second-order valence-electron chi connectivity index (χ2n) is 6.33. The Balaban J connectivity index is 1.61. The summed E-state index contributed by atoms with van der Waals surface area (Å²) < 4.78 is 0. The molecule has 1 aliphatic rings. The topological polar surface area (TPSA) is 74.2 Å². The fraction of sp³-hybridized carbons (Fsp3) is 0.263. The Kier molecular flexibility index (Phi) is 4.35. The van der Waals surface area contributed by atoms with E-state index in [1.807, 2.05) is 43.3 Å². The number of piperazine rings is 1. The van der Waals surface area contributed by atoms with Crippen molar-refractivity contribution in [2.75, 3.05) is 36.4 Å². The molecule has 0 atom stereocenters. The lowest BCUT2D eigenvalue weighted by Crippen LogP contribution is -2.46. The van der Waals surface area contributed by atoms with E-state index in [0.29, 0.717) is 19.0 Å². The zero-order valence-electron chi connectivity index (χ0n) is 14.6. The number of amides is 1. The highest BCUT2D eigenvalue weighted by molar-refractivity contribution is 5.91. The molecule has 3 heterocycles. The zero-order valence-corrected chi connectivity index (χ0v) is 14.6. The third-order valence-corrected chi connectivity index (χ3v) is 4.51. The number of carbonyl (C=O) groups is 1. The second-order valence-corrected chi connectivity index (χ2v) is 6.33. The summed E-state index contributed by atoms with van der Waals surface area (Å²) in [7, 11) is 0. The molecule has 1 aromatic carbocycles. The number of rotatable bonds is 4. The van der Waals surface area contributed by atoms with Gasteiger partial charge < -0.3 is 15.1 Å². The van der Waals surface area contributed by atoms with Gasteiger partial charge in [-0.05, 0) is 19.1 Å². The van der Waals surface area contributed by atoms with Gasteiger partial charge in [-0.3, -0.25) is 9.78 Å². The number of fused-ring (bicyclic) bond motifs is 1. The average molecular weight is 348 g/mol. The molecule has 3 aromatic rings. The van der Waals surface area contributed by atoms with Gasteiger partial charge >= 0.3 is 0 Å². The molecule has 1 amide bonds. The molecule has 0 spiro atoms. The van der Waals surface area contributed by atoms with E-state index in [1.165, 1.54) is 0 Å². The van der Waals surface area contributed by atoms with Gasteiger partial charge in [-0.15, -0.1) is 0 Å². The van der Waals surface area contributed by atoms with Gasteiger partial charge in [-0.25, -0.2) is 4.98 Å². The number of aromatic nitrogens is 3. The zero-order chi connectivity index (χ0) is 17.9. The minimum Gasteiger partial charge on any atom is -0.353 e. The minimum atomic E-state index is 0.552. The van der Waals surface area contributed by atoms with Gasteiger partial charge in [-0.2, -0.15) is 4.98 Å². The van der Waals surface area contributed by atoms with Crippen LogP contribution in [0.25, 0.3) is 10.9 Å². The molecule has 1 aliphatic heterocycles. The maximum atomic E-state index is 10.9. The molecular weight excluding hydrogens is 328 g/mol. The number of nitrogens with zero attached hydrogens (tertiary/aromatic N) is 5. The van der Waals surface area contributed by atoms with E-state index in [2.05, 4.69) is 25.2 Å². The van der Waals surface area contributed by atoms with Crippen LogP contribution in [0.3, 0.4) is 0 Å². The van der Waals surface area contributed by atoms with Crippen LogP contribution in [0.1, 0.15) is 5.69 Å². The number of hydrogen-bond donors (Lipinski definition) is 1. The predicted molar refractivity (Wildman–Crippen MR) is 102 cm³/mol. The summed E-state index contributed by atoms with van der Waals surface area (Å²) >= 11 is 0. The fourth-order valence-electron chi connectivity index (χ4n) is 3.15. The van der Waals surface area contributed by atoms with Gasteiger partial charge in [0.1, 0.15) is 5.82 Å². The van der Waals surface area contributed by atoms with Gasteiger partial charge in [0.2, 0.25) is 12.4 Å².